The third kappa shape index (κ3) is 5.00. The van der Waals surface area contributed by atoms with Crippen molar-refractivity contribution in [2.24, 2.45) is 16.7 Å². The minimum Gasteiger partial charge on any atom is -0.458 e. The molecule has 3 aliphatic rings. The molecule has 10 nitrogen and oxygen atoms in total. The number of ketones is 1. The van der Waals surface area contributed by atoms with E-state index in [0.29, 0.717) is 25.9 Å². The fraction of sp³-hybridized carbons (Fsp3) is 0.846. The number of fused-ring (bicyclic) bond motifs is 3. The van der Waals surface area contributed by atoms with E-state index in [9.17, 15) is 24.9 Å². The van der Waals surface area contributed by atoms with Gasteiger partial charge in [0.25, 0.3) is 0 Å². The fourth-order valence-corrected chi connectivity index (χ4v) is 7.22. The van der Waals surface area contributed by atoms with Gasteiger partial charge in [-0.3, -0.25) is 14.5 Å². The average Bonchev–Trinajstić information content (AvgIpc) is 2.76. The quantitative estimate of drug-likeness (QED) is 0.316. The second-order valence-electron chi connectivity index (χ2n) is 11.7. The molecule has 0 aromatic rings. The van der Waals surface area contributed by atoms with Crippen LogP contribution in [-0.4, -0.2) is 97.7 Å². The number of Topliss-reactive ketones (excluding diaryl/α,β-unsaturated/α-hetero) is 1. The predicted molar refractivity (Wildman–Crippen MR) is 141 cm³/mol. The van der Waals surface area contributed by atoms with Gasteiger partial charge in [-0.1, -0.05) is 40.7 Å². The molecular formula is C26H48ClNO9. The number of hydrogen-bond acceptors (Lipinski definition) is 8. The van der Waals surface area contributed by atoms with Gasteiger partial charge in [-0.2, -0.15) is 0 Å². The van der Waals surface area contributed by atoms with Crippen molar-refractivity contribution in [2.45, 2.75) is 103 Å². The van der Waals surface area contributed by atoms with Crippen molar-refractivity contribution in [2.75, 3.05) is 19.6 Å². The molecule has 0 radical (unpaired) electrons. The van der Waals surface area contributed by atoms with Crippen LogP contribution in [0.5, 0.6) is 0 Å². The summed E-state index contributed by atoms with van der Waals surface area (Å²) in [6.45, 7) is 17.8. The van der Waals surface area contributed by atoms with Gasteiger partial charge in [0.05, 0.1) is 18.2 Å². The fourth-order valence-electron chi connectivity index (χ4n) is 7.22. The molecule has 3 fully saturated rings. The molecule has 2 aliphatic carbocycles. The molecule has 37 heavy (non-hydrogen) atoms. The Labute approximate surface area is 226 Å². The summed E-state index contributed by atoms with van der Waals surface area (Å²) < 4.78 is 12.3. The highest BCUT2D eigenvalue weighted by atomic mass is 35.5. The lowest BCUT2D eigenvalue weighted by Gasteiger charge is -2.71. The summed E-state index contributed by atoms with van der Waals surface area (Å²) in [6, 6.07) is 0. The minimum atomic E-state index is -2.20. The van der Waals surface area contributed by atoms with Crippen molar-refractivity contribution < 1.29 is 45.3 Å². The Morgan fingerprint density at radius 3 is 2.19 bits per heavy atom. The molecular weight excluding hydrogens is 506 g/mol. The summed E-state index contributed by atoms with van der Waals surface area (Å²) in [5.74, 6) is -1.72. The molecule has 7 N–H and O–H groups in total. The summed E-state index contributed by atoms with van der Waals surface area (Å²) in [4.78, 5) is 28.7. The highest BCUT2D eigenvalue weighted by Gasteiger charge is 2.81. The molecule has 0 unspecified atom stereocenters. The van der Waals surface area contributed by atoms with E-state index in [1.54, 1.807) is 13.8 Å². The number of hydrogen-bond donors (Lipinski definition) is 3. The van der Waals surface area contributed by atoms with Gasteiger partial charge in [0.2, 0.25) is 0 Å². The van der Waals surface area contributed by atoms with Gasteiger partial charge in [-0.25, -0.2) is 0 Å². The zero-order chi connectivity index (χ0) is 25.9. The summed E-state index contributed by atoms with van der Waals surface area (Å²) in [5, 5.41) is 35.4. The third-order valence-corrected chi connectivity index (χ3v) is 9.25. The number of esters is 1. The van der Waals surface area contributed by atoms with E-state index in [1.165, 1.54) is 13.0 Å². The van der Waals surface area contributed by atoms with E-state index in [1.807, 2.05) is 32.6 Å². The van der Waals surface area contributed by atoms with E-state index in [0.717, 1.165) is 0 Å². The van der Waals surface area contributed by atoms with Gasteiger partial charge in [-0.05, 0) is 45.2 Å². The summed E-state index contributed by atoms with van der Waals surface area (Å²) in [5.41, 5.74) is -7.15. The predicted octanol–water partition coefficient (Wildman–Crippen LogP) is 0.614. The number of halogens is 1. The number of aliphatic hydroxyl groups excluding tert-OH is 2. The monoisotopic (exact) mass is 553 g/mol. The standard InChI is InChI=1S/C26H43NO7.ClH.2H2O/c1-9-23(6)14-17(29)26(32)24(7)16(28)12-13-22(4,5)20(24)19(21(31)25(26,8)34-23)33-18(30)15-27(10-2)11-3;;;/h9,16,19-21,28,31-32H,1,10-15H2,2-8H3;1H;2*1H2/t16-,19-,20-,21-,23-,24-,25+,26-;;;/m0.../s1. The smallest absolute Gasteiger partial charge is 0.320 e. The number of carbonyl (C=O) groups excluding carboxylic acids is 2. The van der Waals surface area contributed by atoms with Gasteiger partial charge < -0.3 is 35.7 Å². The molecule has 0 bridgehead atoms. The van der Waals surface area contributed by atoms with Crippen LogP contribution < -0.4 is 0 Å². The Bertz CT molecular complexity index is 852. The van der Waals surface area contributed by atoms with Crippen LogP contribution in [0.2, 0.25) is 0 Å². The Balaban J connectivity index is 0.00000432. The van der Waals surface area contributed by atoms with E-state index in [2.05, 4.69) is 6.58 Å². The number of likely N-dealkylation sites (N-methyl/N-ethyl adjacent to an activating group) is 1. The van der Waals surface area contributed by atoms with Crippen LogP contribution >= 0.6 is 12.4 Å². The van der Waals surface area contributed by atoms with Crippen LogP contribution in [0.4, 0.5) is 0 Å². The van der Waals surface area contributed by atoms with Crippen LogP contribution in [0, 0.1) is 16.7 Å². The van der Waals surface area contributed by atoms with Crippen LogP contribution in [-0.2, 0) is 19.1 Å². The highest BCUT2D eigenvalue weighted by molar-refractivity contribution is 5.92. The molecule has 1 saturated heterocycles. The van der Waals surface area contributed by atoms with Crippen molar-refractivity contribution in [3.8, 4) is 0 Å². The van der Waals surface area contributed by atoms with Crippen molar-refractivity contribution in [3.05, 3.63) is 12.7 Å². The van der Waals surface area contributed by atoms with Crippen LogP contribution in [0.15, 0.2) is 12.7 Å². The second-order valence-corrected chi connectivity index (χ2v) is 11.7. The largest absolute Gasteiger partial charge is 0.458 e. The van der Waals surface area contributed by atoms with Crippen molar-refractivity contribution in [3.63, 3.8) is 0 Å². The molecule has 1 aliphatic heterocycles. The first kappa shape index (κ1) is 35.9. The van der Waals surface area contributed by atoms with Crippen LogP contribution in [0.1, 0.15) is 67.7 Å². The molecule has 0 aromatic heterocycles. The summed E-state index contributed by atoms with van der Waals surface area (Å²) in [6.07, 6.45) is -1.38. The lowest BCUT2D eigenvalue weighted by Crippen LogP contribution is -2.86. The first-order valence-corrected chi connectivity index (χ1v) is 12.4. The molecule has 0 amide bonds. The minimum absolute atomic E-state index is 0. The van der Waals surface area contributed by atoms with Gasteiger partial charge in [0, 0.05) is 17.8 Å². The third-order valence-electron chi connectivity index (χ3n) is 9.25. The van der Waals surface area contributed by atoms with Crippen molar-refractivity contribution in [1.82, 2.24) is 4.90 Å². The number of nitrogens with zero attached hydrogens (tertiary/aromatic N) is 1. The second kappa shape index (κ2) is 11.6. The Hall–Kier alpha value is -1.11. The zero-order valence-electron chi connectivity index (χ0n) is 23.2. The molecule has 11 heteroatoms. The van der Waals surface area contributed by atoms with Crippen molar-refractivity contribution >= 4 is 24.2 Å². The highest BCUT2D eigenvalue weighted by Crippen LogP contribution is 2.67. The maximum atomic E-state index is 13.7. The normalized spacial score (nSPS) is 42.2. The zero-order valence-corrected chi connectivity index (χ0v) is 24.0. The van der Waals surface area contributed by atoms with Crippen LogP contribution in [0.3, 0.4) is 0 Å². The molecule has 8 atom stereocenters. The number of ether oxygens (including phenoxy) is 2. The Morgan fingerprint density at radius 1 is 1.16 bits per heavy atom. The lowest BCUT2D eigenvalue weighted by molar-refractivity contribution is -0.370. The Morgan fingerprint density at radius 2 is 1.70 bits per heavy atom. The molecule has 3 rings (SSSR count). The first-order chi connectivity index (χ1) is 15.6. The van der Waals surface area contributed by atoms with Crippen LogP contribution in [0.25, 0.3) is 0 Å². The lowest BCUT2D eigenvalue weighted by atomic mass is 9.40. The average molecular weight is 554 g/mol. The van der Waals surface area contributed by atoms with Crippen molar-refractivity contribution in [1.29, 1.82) is 0 Å². The van der Waals surface area contributed by atoms with E-state index < -0.39 is 63.6 Å². The first-order valence-electron chi connectivity index (χ1n) is 12.4. The SMILES string of the molecule is C=C[C@@]1(C)CC(=O)[C@]2(O)[C@@]3(C)[C@@H](O)CCC(C)(C)[C@@H]3[C@H](OC(=O)CN(CC)CC)[C@H](O)[C@@]2(C)O1.Cl.O.O. The number of carbonyl (C=O) groups is 2. The number of rotatable bonds is 6. The maximum Gasteiger partial charge on any atom is 0.320 e. The summed E-state index contributed by atoms with van der Waals surface area (Å²) in [7, 11) is 0. The van der Waals surface area contributed by atoms with Gasteiger partial charge in [0.1, 0.15) is 17.8 Å². The molecule has 2 saturated carbocycles. The topological polar surface area (TPSA) is 180 Å². The van der Waals surface area contributed by atoms with E-state index >= 15 is 0 Å². The van der Waals surface area contributed by atoms with E-state index in [4.69, 9.17) is 9.47 Å². The van der Waals surface area contributed by atoms with E-state index in [-0.39, 0.29) is 36.3 Å². The molecule has 0 aromatic carbocycles. The number of aliphatic hydroxyl groups is 3. The molecule has 218 valence electrons. The maximum absolute atomic E-state index is 13.7. The summed E-state index contributed by atoms with van der Waals surface area (Å²) >= 11 is 0. The Kier molecular flexibility index (Phi) is 11.2. The van der Waals surface area contributed by atoms with Gasteiger partial charge in [-0.15, -0.1) is 19.0 Å². The van der Waals surface area contributed by atoms with Gasteiger partial charge in [0.15, 0.2) is 11.4 Å². The van der Waals surface area contributed by atoms with Gasteiger partial charge >= 0.3 is 5.97 Å². The molecule has 0 spiro atoms. The molecule has 1 heterocycles.